The van der Waals surface area contributed by atoms with Crippen molar-refractivity contribution >= 4 is 0 Å². The van der Waals surface area contributed by atoms with Gasteiger partial charge in [0.05, 0.1) is 0 Å². The van der Waals surface area contributed by atoms with E-state index in [0.29, 0.717) is 0 Å². The minimum Gasteiger partial charge on any atom is -0.0999 e. The van der Waals surface area contributed by atoms with Gasteiger partial charge in [0, 0.05) is 0 Å². The second-order valence-electron chi connectivity index (χ2n) is 5.67. The van der Waals surface area contributed by atoms with Gasteiger partial charge in [-0.3, -0.25) is 0 Å². The highest BCUT2D eigenvalue weighted by atomic mass is 14.3. The van der Waals surface area contributed by atoms with Crippen LogP contribution in [0.5, 0.6) is 0 Å². The second-order valence-corrected chi connectivity index (χ2v) is 5.67. The molecule has 0 saturated heterocycles. The third-order valence-electron chi connectivity index (χ3n) is 4.27. The molecule has 0 aliphatic heterocycles. The third-order valence-corrected chi connectivity index (χ3v) is 4.27. The molecule has 1 aliphatic carbocycles. The van der Waals surface area contributed by atoms with Crippen molar-refractivity contribution in [3.63, 3.8) is 0 Å². The van der Waals surface area contributed by atoms with Crippen molar-refractivity contribution in [3.8, 4) is 0 Å². The minimum atomic E-state index is 0.913. The van der Waals surface area contributed by atoms with E-state index in [9.17, 15) is 0 Å². The molecule has 88 valence electrons. The maximum absolute atomic E-state index is 4.16. The molecule has 0 bridgehead atoms. The molecule has 0 amide bonds. The second kappa shape index (κ2) is 6.35. The van der Waals surface area contributed by atoms with E-state index in [1.54, 1.807) is 0 Å². The Morgan fingerprint density at radius 1 is 1.33 bits per heavy atom. The lowest BCUT2D eigenvalue weighted by Gasteiger charge is -2.29. The van der Waals surface area contributed by atoms with E-state index in [1.807, 2.05) is 0 Å². The molecule has 1 aliphatic rings. The predicted octanol–water partition coefficient (Wildman–Crippen LogP) is 5.20. The normalized spacial score (nSPS) is 26.3. The van der Waals surface area contributed by atoms with Crippen LogP contribution in [0.25, 0.3) is 0 Å². The van der Waals surface area contributed by atoms with Gasteiger partial charge in [0.15, 0.2) is 0 Å². The molecular formula is C15H28. The van der Waals surface area contributed by atoms with Crippen LogP contribution in [-0.2, 0) is 0 Å². The first-order valence-electron chi connectivity index (χ1n) is 6.80. The number of hydrogen-bond acceptors (Lipinski definition) is 0. The Morgan fingerprint density at radius 3 is 2.67 bits per heavy atom. The van der Waals surface area contributed by atoms with Crippen LogP contribution in [-0.4, -0.2) is 0 Å². The van der Waals surface area contributed by atoms with Crippen LogP contribution in [0.2, 0.25) is 0 Å². The Labute approximate surface area is 96.2 Å². The Hall–Kier alpha value is -0.260. The fraction of sp³-hybridized carbons (Fsp3) is 0.867. The van der Waals surface area contributed by atoms with Gasteiger partial charge in [0.25, 0.3) is 0 Å². The first-order chi connectivity index (χ1) is 7.13. The zero-order valence-corrected chi connectivity index (χ0v) is 10.9. The molecule has 0 N–H and O–H groups in total. The molecule has 1 fully saturated rings. The van der Waals surface area contributed by atoms with Gasteiger partial charge >= 0.3 is 0 Å². The Morgan fingerprint density at radius 2 is 2.07 bits per heavy atom. The van der Waals surface area contributed by atoms with Gasteiger partial charge in [-0.2, -0.15) is 0 Å². The summed E-state index contributed by atoms with van der Waals surface area (Å²) in [4.78, 5) is 0. The number of allylic oxidation sites excluding steroid dienone is 1. The zero-order chi connectivity index (χ0) is 11.3. The lowest BCUT2D eigenvalue weighted by Crippen LogP contribution is -2.17. The highest BCUT2D eigenvalue weighted by Crippen LogP contribution is 2.35. The van der Waals surface area contributed by atoms with Crippen molar-refractivity contribution in [1.29, 1.82) is 0 Å². The largest absolute Gasteiger partial charge is 0.0999 e. The number of hydrogen-bond donors (Lipinski definition) is 0. The standard InChI is InChI=1S/C15H28/c1-5-12(2)9-10-14(4)15-8-6-7-13(3)11-15/h12,14-15H,3,5-11H2,1-2,4H3/t12-,14?,15+/m1/s1. The van der Waals surface area contributed by atoms with Crippen LogP contribution in [0.4, 0.5) is 0 Å². The quantitative estimate of drug-likeness (QED) is 0.545. The molecule has 1 saturated carbocycles. The highest BCUT2D eigenvalue weighted by molar-refractivity contribution is 4.99. The highest BCUT2D eigenvalue weighted by Gasteiger charge is 2.21. The van der Waals surface area contributed by atoms with Gasteiger partial charge in [-0.1, -0.05) is 52.2 Å². The summed E-state index contributed by atoms with van der Waals surface area (Å²) in [5.74, 6) is 2.77. The third kappa shape index (κ3) is 4.40. The molecule has 0 radical (unpaired) electrons. The maximum atomic E-state index is 4.16. The summed E-state index contributed by atoms with van der Waals surface area (Å²) in [5.41, 5.74) is 1.50. The first kappa shape index (κ1) is 12.8. The Balaban J connectivity index is 2.26. The summed E-state index contributed by atoms with van der Waals surface area (Å²) >= 11 is 0. The van der Waals surface area contributed by atoms with Crippen molar-refractivity contribution in [3.05, 3.63) is 12.2 Å². The monoisotopic (exact) mass is 208 g/mol. The fourth-order valence-corrected chi connectivity index (χ4v) is 2.66. The summed E-state index contributed by atoms with van der Waals surface area (Å²) in [6.45, 7) is 11.3. The van der Waals surface area contributed by atoms with E-state index in [-0.39, 0.29) is 0 Å². The van der Waals surface area contributed by atoms with Crippen LogP contribution >= 0.6 is 0 Å². The Bertz CT molecular complexity index is 192. The smallest absolute Gasteiger partial charge is 0.0292 e. The van der Waals surface area contributed by atoms with Crippen LogP contribution in [0, 0.1) is 17.8 Å². The summed E-state index contributed by atoms with van der Waals surface area (Å²) < 4.78 is 0. The lowest BCUT2D eigenvalue weighted by atomic mass is 9.76. The molecular weight excluding hydrogens is 180 g/mol. The molecule has 1 rings (SSSR count). The lowest BCUT2D eigenvalue weighted by molar-refractivity contribution is 0.269. The average molecular weight is 208 g/mol. The SMILES string of the molecule is C=C1CCC[C@H](C(C)CC[C@H](C)CC)C1. The van der Waals surface area contributed by atoms with Crippen molar-refractivity contribution in [2.45, 2.75) is 65.7 Å². The van der Waals surface area contributed by atoms with Gasteiger partial charge in [-0.25, -0.2) is 0 Å². The van der Waals surface area contributed by atoms with Crippen LogP contribution < -0.4 is 0 Å². The van der Waals surface area contributed by atoms with Crippen molar-refractivity contribution in [2.75, 3.05) is 0 Å². The predicted molar refractivity (Wildman–Crippen MR) is 69.0 cm³/mol. The molecule has 3 atom stereocenters. The van der Waals surface area contributed by atoms with Crippen molar-refractivity contribution in [2.24, 2.45) is 17.8 Å². The van der Waals surface area contributed by atoms with E-state index in [2.05, 4.69) is 27.4 Å². The molecule has 0 heterocycles. The summed E-state index contributed by atoms with van der Waals surface area (Å²) in [5, 5.41) is 0. The first-order valence-corrected chi connectivity index (χ1v) is 6.80. The van der Waals surface area contributed by atoms with E-state index in [4.69, 9.17) is 0 Å². The summed E-state index contributed by atoms with van der Waals surface area (Å²) in [7, 11) is 0. The van der Waals surface area contributed by atoms with Crippen molar-refractivity contribution < 1.29 is 0 Å². The van der Waals surface area contributed by atoms with Crippen molar-refractivity contribution in [1.82, 2.24) is 0 Å². The van der Waals surface area contributed by atoms with Gasteiger partial charge in [0.1, 0.15) is 0 Å². The molecule has 1 unspecified atom stereocenters. The van der Waals surface area contributed by atoms with Gasteiger partial charge < -0.3 is 0 Å². The van der Waals surface area contributed by atoms with Gasteiger partial charge in [-0.05, 0) is 43.4 Å². The summed E-state index contributed by atoms with van der Waals surface area (Å²) in [6, 6.07) is 0. The van der Waals surface area contributed by atoms with Crippen LogP contribution in [0.1, 0.15) is 65.7 Å². The molecule has 0 spiro atoms. The molecule has 0 aromatic carbocycles. The molecule has 0 aromatic rings. The topological polar surface area (TPSA) is 0 Å². The van der Waals surface area contributed by atoms with E-state index < -0.39 is 0 Å². The van der Waals surface area contributed by atoms with E-state index in [1.165, 1.54) is 50.5 Å². The van der Waals surface area contributed by atoms with E-state index in [0.717, 1.165) is 17.8 Å². The van der Waals surface area contributed by atoms with E-state index >= 15 is 0 Å². The van der Waals surface area contributed by atoms with Gasteiger partial charge in [-0.15, -0.1) is 0 Å². The zero-order valence-electron chi connectivity index (χ0n) is 10.9. The summed E-state index contributed by atoms with van der Waals surface area (Å²) in [6.07, 6.45) is 9.60. The fourth-order valence-electron chi connectivity index (χ4n) is 2.66. The van der Waals surface area contributed by atoms with Gasteiger partial charge in [0.2, 0.25) is 0 Å². The number of rotatable bonds is 5. The molecule has 15 heavy (non-hydrogen) atoms. The average Bonchev–Trinajstić information content (AvgIpc) is 2.25. The maximum Gasteiger partial charge on any atom is -0.0292 e. The molecule has 0 heteroatoms. The van der Waals surface area contributed by atoms with Crippen LogP contribution in [0.15, 0.2) is 12.2 Å². The van der Waals surface area contributed by atoms with Crippen LogP contribution in [0.3, 0.4) is 0 Å². The Kier molecular flexibility index (Phi) is 5.42. The molecule has 0 aromatic heterocycles. The molecule has 0 nitrogen and oxygen atoms in total. The minimum absolute atomic E-state index is 0.913.